The highest BCUT2D eigenvalue weighted by Crippen LogP contribution is 2.22. The minimum Gasteiger partial charge on any atom is -0.340 e. The van der Waals surface area contributed by atoms with Gasteiger partial charge in [0.1, 0.15) is 0 Å². The van der Waals surface area contributed by atoms with E-state index in [-0.39, 0.29) is 5.56 Å². The molecule has 1 N–H and O–H groups in total. The SMILES string of the molecule is CCCCCn1c(N2CCN(CCCc3ccccc3)CC2)nc2c1c(=O)[nH]c(=O)n2C. The van der Waals surface area contributed by atoms with Crippen molar-refractivity contribution in [3.63, 3.8) is 0 Å². The number of nitrogens with one attached hydrogen (secondary N) is 1. The standard InChI is InChI=1S/C24H34N6O2/c1-3-4-8-14-30-20-21(27(2)24(32)26-22(20)31)25-23(30)29-17-15-28(16-18-29)13-9-12-19-10-6-5-7-11-19/h5-7,10-11H,3-4,8-9,12-18H2,1-2H3,(H,26,31,32). The smallest absolute Gasteiger partial charge is 0.329 e. The summed E-state index contributed by atoms with van der Waals surface area (Å²) in [6, 6.07) is 10.6. The molecule has 172 valence electrons. The molecule has 2 aromatic heterocycles. The Labute approximate surface area is 188 Å². The van der Waals surface area contributed by atoms with Gasteiger partial charge in [-0.25, -0.2) is 4.79 Å². The molecule has 3 aromatic rings. The van der Waals surface area contributed by atoms with Gasteiger partial charge < -0.3 is 9.47 Å². The van der Waals surface area contributed by atoms with E-state index in [0.29, 0.717) is 11.2 Å². The topological polar surface area (TPSA) is 79.2 Å². The second-order valence-electron chi connectivity index (χ2n) is 8.68. The second kappa shape index (κ2) is 10.2. The van der Waals surface area contributed by atoms with Crippen LogP contribution in [0.4, 0.5) is 5.95 Å². The number of imidazole rings is 1. The molecule has 0 atom stereocenters. The van der Waals surface area contributed by atoms with Crippen molar-refractivity contribution in [3.05, 3.63) is 56.7 Å². The predicted molar refractivity (Wildman–Crippen MR) is 129 cm³/mol. The third kappa shape index (κ3) is 4.80. The van der Waals surface area contributed by atoms with Gasteiger partial charge >= 0.3 is 5.69 Å². The molecule has 0 radical (unpaired) electrons. The molecule has 8 heteroatoms. The lowest BCUT2D eigenvalue weighted by atomic mass is 10.1. The molecule has 3 heterocycles. The molecule has 1 aliphatic rings. The average molecular weight is 439 g/mol. The van der Waals surface area contributed by atoms with Crippen molar-refractivity contribution in [1.82, 2.24) is 24.0 Å². The van der Waals surface area contributed by atoms with Gasteiger partial charge in [0.05, 0.1) is 0 Å². The Morgan fingerprint density at radius 3 is 2.44 bits per heavy atom. The summed E-state index contributed by atoms with van der Waals surface area (Å²) in [5.74, 6) is 0.812. The van der Waals surface area contributed by atoms with Gasteiger partial charge in [0.2, 0.25) is 5.95 Å². The number of piperazine rings is 1. The number of anilines is 1. The average Bonchev–Trinajstić information content (AvgIpc) is 3.19. The first-order valence-electron chi connectivity index (χ1n) is 11.8. The van der Waals surface area contributed by atoms with Crippen molar-refractivity contribution >= 4 is 17.1 Å². The minimum absolute atomic E-state index is 0.349. The first-order valence-corrected chi connectivity index (χ1v) is 11.8. The zero-order valence-electron chi connectivity index (χ0n) is 19.2. The van der Waals surface area contributed by atoms with Crippen LogP contribution >= 0.6 is 0 Å². The Morgan fingerprint density at radius 2 is 1.72 bits per heavy atom. The molecule has 0 aliphatic carbocycles. The number of fused-ring (bicyclic) bond motifs is 1. The summed E-state index contributed by atoms with van der Waals surface area (Å²) in [5.41, 5.74) is 1.59. The van der Waals surface area contributed by atoms with Crippen molar-refractivity contribution < 1.29 is 0 Å². The summed E-state index contributed by atoms with van der Waals surface area (Å²) in [4.78, 5) is 36.7. The fraction of sp³-hybridized carbons (Fsp3) is 0.542. The van der Waals surface area contributed by atoms with E-state index >= 15 is 0 Å². The van der Waals surface area contributed by atoms with E-state index < -0.39 is 5.69 Å². The largest absolute Gasteiger partial charge is 0.340 e. The van der Waals surface area contributed by atoms with Gasteiger partial charge in [-0.15, -0.1) is 0 Å². The molecule has 1 saturated heterocycles. The molecule has 1 fully saturated rings. The number of aromatic amines is 1. The number of aryl methyl sites for hydroxylation is 3. The van der Waals surface area contributed by atoms with Crippen LogP contribution in [0.3, 0.4) is 0 Å². The summed E-state index contributed by atoms with van der Waals surface area (Å²) < 4.78 is 3.46. The summed E-state index contributed by atoms with van der Waals surface area (Å²) in [5, 5.41) is 0. The second-order valence-corrected chi connectivity index (χ2v) is 8.68. The van der Waals surface area contributed by atoms with E-state index in [4.69, 9.17) is 4.98 Å². The summed E-state index contributed by atoms with van der Waals surface area (Å²) >= 11 is 0. The van der Waals surface area contributed by atoms with Crippen LogP contribution in [0.25, 0.3) is 11.2 Å². The molecule has 1 aromatic carbocycles. The summed E-state index contributed by atoms with van der Waals surface area (Å²) in [7, 11) is 1.67. The maximum Gasteiger partial charge on any atom is 0.329 e. The van der Waals surface area contributed by atoms with Gasteiger partial charge in [-0.3, -0.25) is 19.2 Å². The lowest BCUT2D eigenvalue weighted by molar-refractivity contribution is 0.253. The molecule has 4 rings (SSSR count). The van der Waals surface area contributed by atoms with Gasteiger partial charge in [0.25, 0.3) is 5.56 Å². The number of hydrogen-bond acceptors (Lipinski definition) is 5. The minimum atomic E-state index is -0.421. The lowest BCUT2D eigenvalue weighted by Crippen LogP contribution is -2.47. The maximum absolute atomic E-state index is 12.6. The highest BCUT2D eigenvalue weighted by molar-refractivity contribution is 5.74. The van der Waals surface area contributed by atoms with E-state index in [1.54, 1.807) is 7.05 Å². The highest BCUT2D eigenvalue weighted by Gasteiger charge is 2.24. The normalized spacial score (nSPS) is 15.0. The van der Waals surface area contributed by atoms with Crippen LogP contribution in [0.1, 0.15) is 38.2 Å². The fourth-order valence-electron chi connectivity index (χ4n) is 4.52. The Kier molecular flexibility index (Phi) is 7.09. The maximum atomic E-state index is 12.6. The third-order valence-electron chi connectivity index (χ3n) is 6.41. The predicted octanol–water partition coefficient (Wildman–Crippen LogP) is 2.37. The zero-order valence-corrected chi connectivity index (χ0v) is 19.2. The van der Waals surface area contributed by atoms with Crippen molar-refractivity contribution in [2.45, 2.75) is 45.6 Å². The summed E-state index contributed by atoms with van der Waals surface area (Å²) in [6.45, 7) is 7.68. The third-order valence-corrected chi connectivity index (χ3v) is 6.41. The lowest BCUT2D eigenvalue weighted by Gasteiger charge is -2.35. The molecular formula is C24H34N6O2. The molecule has 0 spiro atoms. The van der Waals surface area contributed by atoms with Crippen molar-refractivity contribution in [2.24, 2.45) is 7.05 Å². The van der Waals surface area contributed by atoms with Gasteiger partial charge in [-0.05, 0) is 31.4 Å². The quantitative estimate of drug-likeness (QED) is 0.519. The van der Waals surface area contributed by atoms with Gasteiger partial charge in [0, 0.05) is 39.8 Å². The molecular weight excluding hydrogens is 404 g/mol. The van der Waals surface area contributed by atoms with E-state index in [1.807, 2.05) is 4.57 Å². The van der Waals surface area contributed by atoms with E-state index in [0.717, 1.165) is 77.3 Å². The number of hydrogen-bond donors (Lipinski definition) is 1. The number of rotatable bonds is 9. The summed E-state index contributed by atoms with van der Waals surface area (Å²) in [6.07, 6.45) is 5.44. The van der Waals surface area contributed by atoms with E-state index in [2.05, 4.69) is 52.0 Å². The van der Waals surface area contributed by atoms with Gasteiger partial charge in [-0.1, -0.05) is 50.1 Å². The van der Waals surface area contributed by atoms with E-state index in [9.17, 15) is 9.59 Å². The molecule has 0 unspecified atom stereocenters. The first-order chi connectivity index (χ1) is 15.6. The Bertz CT molecular complexity index is 1140. The monoisotopic (exact) mass is 438 g/mol. The molecule has 0 amide bonds. The van der Waals surface area contributed by atoms with E-state index in [1.165, 1.54) is 10.1 Å². The van der Waals surface area contributed by atoms with Crippen LogP contribution < -0.4 is 16.1 Å². The molecule has 1 aliphatic heterocycles. The van der Waals surface area contributed by atoms with Crippen LogP contribution in [-0.4, -0.2) is 56.7 Å². The van der Waals surface area contributed by atoms with Crippen molar-refractivity contribution in [2.75, 3.05) is 37.6 Å². The number of unbranched alkanes of at least 4 members (excludes halogenated alkanes) is 2. The fourth-order valence-corrected chi connectivity index (χ4v) is 4.52. The Morgan fingerprint density at radius 1 is 0.969 bits per heavy atom. The van der Waals surface area contributed by atoms with Crippen LogP contribution in [-0.2, 0) is 20.0 Å². The van der Waals surface area contributed by atoms with Crippen molar-refractivity contribution in [1.29, 1.82) is 0 Å². The number of H-pyrrole nitrogens is 1. The zero-order chi connectivity index (χ0) is 22.5. The van der Waals surface area contributed by atoms with Crippen LogP contribution in [0.15, 0.2) is 39.9 Å². The molecule has 8 nitrogen and oxygen atoms in total. The van der Waals surface area contributed by atoms with Crippen LogP contribution in [0, 0.1) is 0 Å². The van der Waals surface area contributed by atoms with Gasteiger partial charge in [0.15, 0.2) is 11.2 Å². The number of nitrogens with zero attached hydrogens (tertiary/aromatic N) is 5. The Hall–Kier alpha value is -2.87. The Balaban J connectivity index is 1.46. The number of aromatic nitrogens is 4. The first kappa shape index (κ1) is 22.3. The molecule has 0 bridgehead atoms. The highest BCUT2D eigenvalue weighted by atomic mass is 16.2. The van der Waals surface area contributed by atoms with Crippen LogP contribution in [0.2, 0.25) is 0 Å². The molecule has 0 saturated carbocycles. The van der Waals surface area contributed by atoms with Crippen LogP contribution in [0.5, 0.6) is 0 Å². The molecule has 32 heavy (non-hydrogen) atoms. The van der Waals surface area contributed by atoms with Gasteiger partial charge in [-0.2, -0.15) is 4.98 Å². The number of benzene rings is 1. The van der Waals surface area contributed by atoms with Crippen molar-refractivity contribution in [3.8, 4) is 0 Å².